The van der Waals surface area contributed by atoms with Crippen LogP contribution in [0.3, 0.4) is 0 Å². The number of rotatable bonds is 6. The first-order valence-electron chi connectivity index (χ1n) is 7.56. The van der Waals surface area contributed by atoms with Crippen molar-refractivity contribution in [2.24, 2.45) is 0 Å². The third-order valence-corrected chi connectivity index (χ3v) is 4.81. The van der Waals surface area contributed by atoms with Crippen LogP contribution in [0.5, 0.6) is 0 Å². The highest BCUT2D eigenvalue weighted by Gasteiger charge is 2.29. The second-order valence-electron chi connectivity index (χ2n) is 5.88. The van der Waals surface area contributed by atoms with Crippen molar-refractivity contribution in [2.75, 3.05) is 10.6 Å². The Balaban J connectivity index is 2.25. The molecule has 0 fully saturated rings. The number of aryl methyl sites for hydroxylation is 2. The average Bonchev–Trinajstić information content (AvgIpc) is 2.95. The smallest absolute Gasteiger partial charge is 0.243 e. The first-order valence-corrected chi connectivity index (χ1v) is 9.41. The molecular formula is C17H22N2O4S. The van der Waals surface area contributed by atoms with E-state index in [0.717, 1.165) is 21.7 Å². The molecular weight excluding hydrogens is 328 g/mol. The van der Waals surface area contributed by atoms with E-state index in [1.165, 1.54) is 6.26 Å². The zero-order valence-corrected chi connectivity index (χ0v) is 15.1. The van der Waals surface area contributed by atoms with Crippen molar-refractivity contribution in [1.29, 1.82) is 0 Å². The molecule has 0 saturated heterocycles. The van der Waals surface area contributed by atoms with Gasteiger partial charge in [0, 0.05) is 0 Å². The Morgan fingerprint density at radius 1 is 1.25 bits per heavy atom. The monoisotopic (exact) mass is 350 g/mol. The van der Waals surface area contributed by atoms with Crippen LogP contribution in [-0.4, -0.2) is 26.6 Å². The summed E-state index contributed by atoms with van der Waals surface area (Å²) in [6.45, 7) is 5.55. The predicted molar refractivity (Wildman–Crippen MR) is 93.3 cm³/mol. The molecule has 0 unspecified atom stereocenters. The second-order valence-corrected chi connectivity index (χ2v) is 7.74. The van der Waals surface area contributed by atoms with Crippen LogP contribution >= 0.6 is 0 Å². The van der Waals surface area contributed by atoms with Gasteiger partial charge in [0.25, 0.3) is 0 Å². The Hall–Kier alpha value is -2.28. The Bertz CT molecular complexity index is 793. The number of carbonyl (C=O) groups excluding carboxylic acids is 1. The molecule has 1 N–H and O–H groups in total. The van der Waals surface area contributed by atoms with Gasteiger partial charge in [0.15, 0.2) is 0 Å². The van der Waals surface area contributed by atoms with E-state index in [1.807, 2.05) is 19.9 Å². The van der Waals surface area contributed by atoms with Crippen LogP contribution in [0.1, 0.15) is 23.8 Å². The second kappa shape index (κ2) is 7.09. The lowest BCUT2D eigenvalue weighted by Gasteiger charge is -2.28. The van der Waals surface area contributed by atoms with Crippen molar-refractivity contribution in [2.45, 2.75) is 33.4 Å². The Morgan fingerprint density at radius 3 is 2.38 bits per heavy atom. The Morgan fingerprint density at radius 2 is 1.88 bits per heavy atom. The molecule has 1 atom stereocenters. The average molecular weight is 350 g/mol. The maximum atomic E-state index is 12.4. The fraction of sp³-hybridized carbons (Fsp3) is 0.353. The number of anilines is 1. The van der Waals surface area contributed by atoms with E-state index in [0.29, 0.717) is 11.4 Å². The predicted octanol–water partition coefficient (Wildman–Crippen LogP) is 2.37. The number of hydrogen-bond acceptors (Lipinski definition) is 4. The number of benzene rings is 1. The van der Waals surface area contributed by atoms with Crippen molar-refractivity contribution in [3.63, 3.8) is 0 Å². The van der Waals surface area contributed by atoms with Gasteiger partial charge in [-0.25, -0.2) is 8.42 Å². The van der Waals surface area contributed by atoms with Gasteiger partial charge in [-0.1, -0.05) is 6.07 Å². The fourth-order valence-corrected chi connectivity index (χ4v) is 3.78. The highest BCUT2D eigenvalue weighted by atomic mass is 32.2. The summed E-state index contributed by atoms with van der Waals surface area (Å²) < 4.78 is 30.8. The minimum Gasteiger partial charge on any atom is -0.467 e. The molecule has 2 rings (SSSR count). The standard InChI is InChI=1S/C17H22N2O4S/c1-12-8-13(2)10-15(9-12)19(24(4,21)22)14(3)17(20)18-11-16-6-5-7-23-16/h5-10,14H,11H2,1-4H3,(H,18,20)/t14-/m0/s1. The zero-order chi connectivity index (χ0) is 17.9. The topological polar surface area (TPSA) is 79.6 Å². The quantitative estimate of drug-likeness (QED) is 0.867. The number of carbonyl (C=O) groups is 1. The van der Waals surface area contributed by atoms with E-state index in [2.05, 4.69) is 5.32 Å². The zero-order valence-electron chi connectivity index (χ0n) is 14.2. The van der Waals surface area contributed by atoms with Crippen molar-refractivity contribution >= 4 is 21.6 Å². The van der Waals surface area contributed by atoms with Gasteiger partial charge in [-0.2, -0.15) is 0 Å². The number of furan rings is 1. The van der Waals surface area contributed by atoms with Gasteiger partial charge >= 0.3 is 0 Å². The van der Waals surface area contributed by atoms with Gasteiger partial charge in [0.05, 0.1) is 24.8 Å². The van der Waals surface area contributed by atoms with E-state index >= 15 is 0 Å². The summed E-state index contributed by atoms with van der Waals surface area (Å²) in [4.78, 5) is 12.4. The van der Waals surface area contributed by atoms with Crippen LogP contribution in [0.2, 0.25) is 0 Å². The molecule has 0 radical (unpaired) electrons. The number of nitrogens with zero attached hydrogens (tertiary/aromatic N) is 1. The van der Waals surface area contributed by atoms with Gasteiger partial charge in [-0.05, 0) is 56.2 Å². The molecule has 0 bridgehead atoms. The number of amides is 1. The molecule has 2 aromatic rings. The summed E-state index contributed by atoms with van der Waals surface area (Å²) in [5.74, 6) is 0.212. The van der Waals surface area contributed by atoms with Gasteiger partial charge in [0.2, 0.25) is 15.9 Å². The van der Waals surface area contributed by atoms with Crippen molar-refractivity contribution in [1.82, 2.24) is 5.32 Å². The summed E-state index contributed by atoms with van der Waals surface area (Å²) in [5, 5.41) is 2.70. The van der Waals surface area contributed by atoms with Crippen molar-refractivity contribution < 1.29 is 17.6 Å². The lowest BCUT2D eigenvalue weighted by Crippen LogP contribution is -2.47. The highest BCUT2D eigenvalue weighted by molar-refractivity contribution is 7.92. The molecule has 7 heteroatoms. The van der Waals surface area contributed by atoms with Crippen LogP contribution < -0.4 is 9.62 Å². The van der Waals surface area contributed by atoms with Crippen LogP contribution in [0.15, 0.2) is 41.0 Å². The molecule has 130 valence electrons. The summed E-state index contributed by atoms with van der Waals surface area (Å²) in [6.07, 6.45) is 2.62. The highest BCUT2D eigenvalue weighted by Crippen LogP contribution is 2.23. The maximum Gasteiger partial charge on any atom is 0.243 e. The van der Waals surface area contributed by atoms with E-state index in [1.54, 1.807) is 31.2 Å². The SMILES string of the molecule is Cc1cc(C)cc(N([C@@H](C)C(=O)NCc2ccco2)S(C)(=O)=O)c1. The summed E-state index contributed by atoms with van der Waals surface area (Å²) in [5.41, 5.74) is 2.35. The minimum absolute atomic E-state index is 0.209. The first kappa shape index (κ1) is 18.1. The van der Waals surface area contributed by atoms with E-state index in [9.17, 15) is 13.2 Å². The third-order valence-electron chi connectivity index (χ3n) is 3.57. The number of hydrogen-bond donors (Lipinski definition) is 1. The van der Waals surface area contributed by atoms with Crippen LogP contribution in [0.25, 0.3) is 0 Å². The first-order chi connectivity index (χ1) is 11.2. The molecule has 0 spiro atoms. The molecule has 1 heterocycles. The largest absolute Gasteiger partial charge is 0.467 e. The molecule has 0 aliphatic carbocycles. The molecule has 1 amide bonds. The molecule has 6 nitrogen and oxygen atoms in total. The Labute approximate surface area is 142 Å². The summed E-state index contributed by atoms with van der Waals surface area (Å²) in [7, 11) is -3.62. The molecule has 0 saturated carbocycles. The lowest BCUT2D eigenvalue weighted by atomic mass is 10.1. The van der Waals surface area contributed by atoms with Crippen LogP contribution in [0.4, 0.5) is 5.69 Å². The van der Waals surface area contributed by atoms with Gasteiger partial charge in [0.1, 0.15) is 11.8 Å². The Kier molecular flexibility index (Phi) is 5.33. The number of sulfonamides is 1. The van der Waals surface area contributed by atoms with Gasteiger partial charge in [-0.15, -0.1) is 0 Å². The minimum atomic E-state index is -3.62. The fourth-order valence-electron chi connectivity index (χ4n) is 2.62. The van der Waals surface area contributed by atoms with Crippen LogP contribution in [0, 0.1) is 13.8 Å². The van der Waals surface area contributed by atoms with E-state index < -0.39 is 22.0 Å². The van der Waals surface area contributed by atoms with Gasteiger partial charge in [-0.3, -0.25) is 9.10 Å². The van der Waals surface area contributed by atoms with Crippen LogP contribution in [-0.2, 0) is 21.4 Å². The molecule has 1 aromatic carbocycles. The van der Waals surface area contributed by atoms with Gasteiger partial charge < -0.3 is 9.73 Å². The molecule has 0 aliphatic heterocycles. The lowest BCUT2D eigenvalue weighted by molar-refractivity contribution is -0.122. The third kappa shape index (κ3) is 4.38. The summed E-state index contributed by atoms with van der Waals surface area (Å²) in [6, 6.07) is 8.04. The summed E-state index contributed by atoms with van der Waals surface area (Å²) >= 11 is 0. The van der Waals surface area contributed by atoms with E-state index in [-0.39, 0.29) is 6.54 Å². The molecule has 24 heavy (non-hydrogen) atoms. The van der Waals surface area contributed by atoms with Crippen molar-refractivity contribution in [3.8, 4) is 0 Å². The number of nitrogens with one attached hydrogen (secondary N) is 1. The normalized spacial score (nSPS) is 12.7. The van der Waals surface area contributed by atoms with Crippen molar-refractivity contribution in [3.05, 3.63) is 53.5 Å². The molecule has 0 aliphatic rings. The van der Waals surface area contributed by atoms with E-state index in [4.69, 9.17) is 4.42 Å². The maximum absolute atomic E-state index is 12.4. The molecule has 1 aromatic heterocycles.